The highest BCUT2D eigenvalue weighted by atomic mass is 16.6. The van der Waals surface area contributed by atoms with Gasteiger partial charge in [0.05, 0.1) is 11.3 Å². The average molecular weight is 342 g/mol. The third kappa shape index (κ3) is 4.96. The van der Waals surface area contributed by atoms with Crippen LogP contribution in [0.2, 0.25) is 0 Å². The Morgan fingerprint density at radius 3 is 2.28 bits per heavy atom. The number of carboxylic acids is 1. The quantitative estimate of drug-likeness (QED) is 0.452. The molecule has 0 unspecified atom stereocenters. The van der Waals surface area contributed by atoms with Gasteiger partial charge in [-0.3, -0.25) is 24.5 Å². The van der Waals surface area contributed by atoms with Crippen LogP contribution in [0.25, 0.3) is 0 Å². The Kier molecular flexibility index (Phi) is 5.57. The molecule has 0 spiro atoms. The van der Waals surface area contributed by atoms with Crippen LogP contribution in [0.4, 0.5) is 11.4 Å². The van der Waals surface area contributed by atoms with Crippen LogP contribution in [0.1, 0.15) is 33.6 Å². The zero-order chi connectivity index (χ0) is 18.4. The van der Waals surface area contributed by atoms with Crippen LogP contribution >= 0.6 is 0 Å². The molecule has 0 aliphatic carbocycles. The number of hydrogen-bond acceptors (Lipinski definition) is 5. The smallest absolute Gasteiger partial charge is 0.303 e. The first-order chi connectivity index (χ1) is 11.9. The summed E-state index contributed by atoms with van der Waals surface area (Å²) in [4.78, 5) is 44.5. The largest absolute Gasteiger partial charge is 0.481 e. The van der Waals surface area contributed by atoms with Crippen molar-refractivity contribution < 1.29 is 24.4 Å². The fourth-order valence-corrected chi connectivity index (χ4v) is 2.07. The number of carbonyl (C=O) groups is 3. The monoisotopic (exact) mass is 342 g/mol. The van der Waals surface area contributed by atoms with Gasteiger partial charge in [0.2, 0.25) is 0 Å². The van der Waals surface area contributed by atoms with Crippen molar-refractivity contribution >= 4 is 29.0 Å². The maximum Gasteiger partial charge on any atom is 0.303 e. The van der Waals surface area contributed by atoms with Crippen LogP contribution in [0.15, 0.2) is 48.5 Å². The van der Waals surface area contributed by atoms with Gasteiger partial charge in [0.1, 0.15) is 0 Å². The van der Waals surface area contributed by atoms with Gasteiger partial charge < -0.3 is 10.4 Å². The Bertz CT molecular complexity index is 829. The van der Waals surface area contributed by atoms with Crippen LogP contribution in [-0.2, 0) is 4.79 Å². The summed E-state index contributed by atoms with van der Waals surface area (Å²) < 4.78 is 0. The van der Waals surface area contributed by atoms with E-state index >= 15 is 0 Å². The molecule has 0 saturated carbocycles. The lowest BCUT2D eigenvalue weighted by Gasteiger charge is -2.06. The van der Waals surface area contributed by atoms with E-state index < -0.39 is 16.8 Å². The number of nitro groups is 1. The second kappa shape index (κ2) is 7.82. The molecular formula is C17H14N2O6. The Morgan fingerprint density at radius 1 is 1.00 bits per heavy atom. The number of nitrogens with zero attached hydrogens (tertiary/aromatic N) is 1. The maximum atomic E-state index is 12.1. The molecule has 2 aromatic rings. The molecule has 0 aromatic heterocycles. The number of Topliss-reactive ketones (excluding diaryl/α,β-unsaturated/α-hetero) is 1. The fourth-order valence-electron chi connectivity index (χ4n) is 2.07. The normalized spacial score (nSPS) is 10.1. The van der Waals surface area contributed by atoms with Crippen molar-refractivity contribution in [2.24, 2.45) is 0 Å². The number of nitro benzene ring substituents is 1. The summed E-state index contributed by atoms with van der Waals surface area (Å²) in [5, 5.41) is 21.9. The number of amides is 1. The minimum absolute atomic E-state index is 0.102. The van der Waals surface area contributed by atoms with E-state index in [1.54, 1.807) is 0 Å². The SMILES string of the molecule is O=C(O)CCC(=O)c1ccc(NC(=O)c2cccc([N+](=O)[O-])c2)cc1. The van der Waals surface area contributed by atoms with Crippen molar-refractivity contribution in [1.29, 1.82) is 0 Å². The van der Waals surface area contributed by atoms with Gasteiger partial charge in [-0.25, -0.2) is 0 Å². The molecule has 8 heteroatoms. The third-order valence-corrected chi connectivity index (χ3v) is 3.35. The lowest BCUT2D eigenvalue weighted by molar-refractivity contribution is -0.384. The highest BCUT2D eigenvalue weighted by molar-refractivity contribution is 6.05. The summed E-state index contributed by atoms with van der Waals surface area (Å²) in [5.74, 6) is -1.87. The molecule has 0 fully saturated rings. The second-order valence-electron chi connectivity index (χ2n) is 5.16. The molecule has 0 bridgehead atoms. The summed E-state index contributed by atoms with van der Waals surface area (Å²) in [6.45, 7) is 0. The Hall–Kier alpha value is -3.55. The first-order valence-corrected chi connectivity index (χ1v) is 7.27. The van der Waals surface area contributed by atoms with Gasteiger partial charge in [-0.15, -0.1) is 0 Å². The van der Waals surface area contributed by atoms with Crippen molar-refractivity contribution in [3.05, 3.63) is 69.8 Å². The van der Waals surface area contributed by atoms with Gasteiger partial charge in [-0.05, 0) is 30.3 Å². The molecular weight excluding hydrogens is 328 g/mol. The van der Waals surface area contributed by atoms with E-state index in [2.05, 4.69) is 5.32 Å². The van der Waals surface area contributed by atoms with E-state index in [9.17, 15) is 24.5 Å². The van der Waals surface area contributed by atoms with E-state index in [1.165, 1.54) is 48.5 Å². The molecule has 0 aliphatic heterocycles. The number of carboxylic acid groups (broad SMARTS) is 1. The Balaban J connectivity index is 2.04. The van der Waals surface area contributed by atoms with Gasteiger partial charge in [-0.2, -0.15) is 0 Å². The van der Waals surface area contributed by atoms with Gasteiger partial charge in [-0.1, -0.05) is 6.07 Å². The molecule has 0 radical (unpaired) electrons. The van der Waals surface area contributed by atoms with Gasteiger partial charge >= 0.3 is 5.97 Å². The van der Waals surface area contributed by atoms with Crippen LogP contribution in [0, 0.1) is 10.1 Å². The van der Waals surface area contributed by atoms with Crippen molar-refractivity contribution in [1.82, 2.24) is 0 Å². The standard InChI is InChI=1S/C17H14N2O6/c20-15(8-9-16(21)22)11-4-6-13(7-5-11)18-17(23)12-2-1-3-14(10-12)19(24)25/h1-7,10H,8-9H2,(H,18,23)(H,21,22). The molecule has 0 heterocycles. The summed E-state index contributed by atoms with van der Waals surface area (Å²) in [7, 11) is 0. The van der Waals surface area contributed by atoms with Crippen molar-refractivity contribution in [3.63, 3.8) is 0 Å². The number of nitrogens with one attached hydrogen (secondary N) is 1. The summed E-state index contributed by atoms with van der Waals surface area (Å²) in [6.07, 6.45) is -0.348. The van der Waals surface area contributed by atoms with Crippen LogP contribution in [0.5, 0.6) is 0 Å². The molecule has 25 heavy (non-hydrogen) atoms. The molecule has 0 atom stereocenters. The number of non-ortho nitro benzene ring substituents is 1. The van der Waals surface area contributed by atoms with Crippen LogP contribution < -0.4 is 5.32 Å². The Morgan fingerprint density at radius 2 is 1.68 bits per heavy atom. The predicted molar refractivity (Wildman–Crippen MR) is 88.7 cm³/mol. The van der Waals surface area contributed by atoms with Crippen molar-refractivity contribution in [3.8, 4) is 0 Å². The highest BCUT2D eigenvalue weighted by Crippen LogP contribution is 2.16. The number of ketones is 1. The number of benzene rings is 2. The van der Waals surface area contributed by atoms with Gasteiger partial charge in [0.25, 0.3) is 11.6 Å². The molecule has 0 aliphatic rings. The highest BCUT2D eigenvalue weighted by Gasteiger charge is 2.12. The molecule has 1 amide bonds. The summed E-state index contributed by atoms with van der Waals surface area (Å²) >= 11 is 0. The van der Waals surface area contributed by atoms with E-state index in [-0.39, 0.29) is 29.9 Å². The number of rotatable bonds is 7. The number of aliphatic carboxylic acids is 1. The number of hydrogen-bond donors (Lipinski definition) is 2. The predicted octanol–water partition coefficient (Wildman–Crippen LogP) is 2.89. The Labute approximate surface area is 142 Å². The first kappa shape index (κ1) is 17.8. The maximum absolute atomic E-state index is 12.1. The van der Waals surface area contributed by atoms with Crippen LogP contribution in [0.3, 0.4) is 0 Å². The lowest BCUT2D eigenvalue weighted by Crippen LogP contribution is -2.12. The first-order valence-electron chi connectivity index (χ1n) is 7.27. The topological polar surface area (TPSA) is 127 Å². The van der Waals surface area contributed by atoms with E-state index in [0.717, 1.165) is 0 Å². The minimum atomic E-state index is -1.05. The van der Waals surface area contributed by atoms with Gasteiger partial charge in [0.15, 0.2) is 5.78 Å². The molecule has 128 valence electrons. The van der Waals surface area contributed by atoms with Crippen LogP contribution in [-0.4, -0.2) is 27.7 Å². The summed E-state index contributed by atoms with van der Waals surface area (Å²) in [6, 6.07) is 11.3. The number of anilines is 1. The minimum Gasteiger partial charge on any atom is -0.481 e. The molecule has 8 nitrogen and oxygen atoms in total. The molecule has 2 N–H and O–H groups in total. The fraction of sp³-hybridized carbons (Fsp3) is 0.118. The van der Waals surface area contributed by atoms with E-state index in [1.807, 2.05) is 0 Å². The van der Waals surface area contributed by atoms with E-state index in [0.29, 0.717) is 11.3 Å². The molecule has 0 saturated heterocycles. The van der Waals surface area contributed by atoms with E-state index in [4.69, 9.17) is 5.11 Å². The molecule has 2 aromatic carbocycles. The van der Waals surface area contributed by atoms with Crippen molar-refractivity contribution in [2.45, 2.75) is 12.8 Å². The third-order valence-electron chi connectivity index (χ3n) is 3.35. The zero-order valence-electron chi connectivity index (χ0n) is 13.0. The lowest BCUT2D eigenvalue weighted by atomic mass is 10.1. The summed E-state index contributed by atoms with van der Waals surface area (Å²) in [5.41, 5.74) is 0.698. The van der Waals surface area contributed by atoms with Crippen molar-refractivity contribution in [2.75, 3.05) is 5.32 Å². The zero-order valence-corrected chi connectivity index (χ0v) is 13.0. The second-order valence-corrected chi connectivity index (χ2v) is 5.16. The average Bonchev–Trinajstić information content (AvgIpc) is 2.60. The van der Waals surface area contributed by atoms with Gasteiger partial charge in [0, 0.05) is 35.4 Å². The number of carbonyl (C=O) groups excluding carboxylic acids is 2. The molecule has 2 rings (SSSR count).